The van der Waals surface area contributed by atoms with Crippen LogP contribution in [0.15, 0.2) is 109 Å². The van der Waals surface area contributed by atoms with Crippen LogP contribution in [0.4, 0.5) is 4.79 Å². The van der Waals surface area contributed by atoms with Crippen LogP contribution in [-0.4, -0.2) is 35.2 Å². The first-order chi connectivity index (χ1) is 19.0. The van der Waals surface area contributed by atoms with Crippen molar-refractivity contribution in [3.05, 3.63) is 131 Å². The number of amides is 2. The molecular formula is C32H28N2O5. The average molecular weight is 521 g/mol. The number of aliphatic carboxylic acids is 1. The summed E-state index contributed by atoms with van der Waals surface area (Å²) in [6, 6.07) is 31.4. The summed E-state index contributed by atoms with van der Waals surface area (Å²) in [4.78, 5) is 38.9. The molecule has 196 valence electrons. The van der Waals surface area contributed by atoms with E-state index in [2.05, 4.69) is 10.6 Å². The SMILES string of the molecule is O=C(N[C@@H](Cc1ccccc1)C(=O)N[C@@H](C(=O)O)C1c2ccccc2-c2ccccc21)OCc1ccccc1. The van der Waals surface area contributed by atoms with Gasteiger partial charge in [0.1, 0.15) is 18.7 Å². The Hall–Kier alpha value is -4.91. The van der Waals surface area contributed by atoms with Crippen molar-refractivity contribution in [2.24, 2.45) is 0 Å². The maximum Gasteiger partial charge on any atom is 0.408 e. The number of rotatable bonds is 9. The fourth-order valence-electron chi connectivity index (χ4n) is 5.06. The minimum absolute atomic E-state index is 0.0414. The van der Waals surface area contributed by atoms with E-state index in [1.165, 1.54) is 0 Å². The van der Waals surface area contributed by atoms with Gasteiger partial charge in [-0.05, 0) is 33.4 Å². The molecule has 0 bridgehead atoms. The van der Waals surface area contributed by atoms with Gasteiger partial charge in [0.2, 0.25) is 5.91 Å². The largest absolute Gasteiger partial charge is 0.480 e. The zero-order valence-corrected chi connectivity index (χ0v) is 21.1. The van der Waals surface area contributed by atoms with Gasteiger partial charge in [-0.3, -0.25) is 4.79 Å². The van der Waals surface area contributed by atoms with Crippen molar-refractivity contribution in [1.82, 2.24) is 10.6 Å². The van der Waals surface area contributed by atoms with E-state index in [4.69, 9.17) is 4.74 Å². The number of carbonyl (C=O) groups is 3. The van der Waals surface area contributed by atoms with Gasteiger partial charge in [0.25, 0.3) is 0 Å². The predicted octanol–water partition coefficient (Wildman–Crippen LogP) is 4.91. The summed E-state index contributed by atoms with van der Waals surface area (Å²) in [6.45, 7) is 0.0414. The van der Waals surface area contributed by atoms with Gasteiger partial charge in [-0.15, -0.1) is 0 Å². The highest BCUT2D eigenvalue weighted by Crippen LogP contribution is 2.46. The zero-order valence-electron chi connectivity index (χ0n) is 21.1. The zero-order chi connectivity index (χ0) is 27.2. The Morgan fingerprint density at radius 2 is 1.21 bits per heavy atom. The number of fused-ring (bicyclic) bond motifs is 3. The smallest absolute Gasteiger partial charge is 0.408 e. The van der Waals surface area contributed by atoms with E-state index >= 15 is 0 Å². The standard InChI is InChI=1S/C32H28N2O5/c35-30(27(19-21-11-3-1-4-12-21)33-32(38)39-20-22-13-5-2-6-14-22)34-29(31(36)37)28-25-17-9-7-15-23(25)24-16-8-10-18-26(24)28/h1-18,27-29H,19-20H2,(H,33,38)(H,34,35)(H,36,37)/t27-,29+/m0/s1. The van der Waals surface area contributed by atoms with Crippen molar-refractivity contribution in [1.29, 1.82) is 0 Å². The molecule has 0 fully saturated rings. The quantitative estimate of drug-likeness (QED) is 0.291. The maximum atomic E-state index is 13.6. The number of benzene rings is 4. The topological polar surface area (TPSA) is 105 Å². The first-order valence-electron chi connectivity index (χ1n) is 12.7. The number of carbonyl (C=O) groups excluding carboxylic acids is 2. The first-order valence-corrected chi connectivity index (χ1v) is 12.7. The van der Waals surface area contributed by atoms with E-state index in [0.717, 1.165) is 33.4 Å². The molecule has 0 aliphatic heterocycles. The maximum absolute atomic E-state index is 13.6. The molecule has 0 saturated carbocycles. The number of alkyl carbamates (subject to hydrolysis) is 1. The lowest BCUT2D eigenvalue weighted by atomic mass is 9.89. The molecule has 2 atom stereocenters. The van der Waals surface area contributed by atoms with Gasteiger partial charge in [0, 0.05) is 12.3 Å². The summed E-state index contributed by atoms with van der Waals surface area (Å²) in [5, 5.41) is 15.6. The first kappa shape index (κ1) is 25.7. The molecule has 0 spiro atoms. The van der Waals surface area contributed by atoms with Crippen LogP contribution >= 0.6 is 0 Å². The lowest BCUT2D eigenvalue weighted by Gasteiger charge is -2.26. The Balaban J connectivity index is 1.38. The van der Waals surface area contributed by atoms with Gasteiger partial charge >= 0.3 is 12.1 Å². The summed E-state index contributed by atoms with van der Waals surface area (Å²) < 4.78 is 5.35. The average Bonchev–Trinajstić information content (AvgIpc) is 3.29. The van der Waals surface area contributed by atoms with Crippen LogP contribution < -0.4 is 10.6 Å². The molecule has 4 aromatic rings. The molecule has 0 heterocycles. The number of carboxylic acid groups (broad SMARTS) is 1. The van der Waals surface area contributed by atoms with E-state index in [0.29, 0.717) is 0 Å². The fraction of sp³-hybridized carbons (Fsp3) is 0.156. The molecule has 0 radical (unpaired) electrons. The molecule has 5 rings (SSSR count). The van der Waals surface area contributed by atoms with Crippen LogP contribution in [0.3, 0.4) is 0 Å². The Morgan fingerprint density at radius 3 is 1.77 bits per heavy atom. The molecule has 4 aromatic carbocycles. The van der Waals surface area contributed by atoms with Gasteiger partial charge < -0.3 is 20.5 Å². The third-order valence-electron chi connectivity index (χ3n) is 6.88. The second kappa shape index (κ2) is 11.6. The van der Waals surface area contributed by atoms with Crippen molar-refractivity contribution >= 4 is 18.0 Å². The predicted molar refractivity (Wildman–Crippen MR) is 147 cm³/mol. The Morgan fingerprint density at radius 1 is 0.692 bits per heavy atom. The number of hydrogen-bond donors (Lipinski definition) is 3. The Labute approximate surface area is 226 Å². The molecular weight excluding hydrogens is 492 g/mol. The summed E-state index contributed by atoms with van der Waals surface area (Å²) in [6.07, 6.45) is -0.601. The number of carboxylic acids is 1. The normalized spacial score (nSPS) is 13.4. The highest BCUT2D eigenvalue weighted by Gasteiger charge is 2.40. The molecule has 7 heteroatoms. The van der Waals surface area contributed by atoms with Crippen molar-refractivity contribution in [3.63, 3.8) is 0 Å². The van der Waals surface area contributed by atoms with E-state index in [1.807, 2.05) is 109 Å². The van der Waals surface area contributed by atoms with E-state index < -0.39 is 36.0 Å². The number of nitrogens with one attached hydrogen (secondary N) is 2. The monoisotopic (exact) mass is 520 g/mol. The lowest BCUT2D eigenvalue weighted by molar-refractivity contribution is -0.142. The van der Waals surface area contributed by atoms with Gasteiger partial charge in [0.15, 0.2) is 0 Å². The fourth-order valence-corrected chi connectivity index (χ4v) is 5.06. The second-order valence-electron chi connectivity index (χ2n) is 9.43. The molecule has 2 amide bonds. The molecule has 0 aromatic heterocycles. The summed E-state index contributed by atoms with van der Waals surface area (Å²) in [5.41, 5.74) is 5.18. The Bertz CT molecular complexity index is 1430. The van der Waals surface area contributed by atoms with Gasteiger partial charge in [-0.2, -0.15) is 0 Å². The highest BCUT2D eigenvalue weighted by atomic mass is 16.5. The third kappa shape index (κ3) is 5.83. The summed E-state index contributed by atoms with van der Waals surface area (Å²) in [5.74, 6) is -2.35. The lowest BCUT2D eigenvalue weighted by Crippen LogP contribution is -2.54. The van der Waals surface area contributed by atoms with Crippen molar-refractivity contribution < 1.29 is 24.2 Å². The summed E-state index contributed by atoms with van der Waals surface area (Å²) in [7, 11) is 0. The molecule has 39 heavy (non-hydrogen) atoms. The number of hydrogen-bond acceptors (Lipinski definition) is 4. The van der Waals surface area contributed by atoms with Gasteiger partial charge in [-0.1, -0.05) is 109 Å². The molecule has 0 unspecified atom stereocenters. The highest BCUT2D eigenvalue weighted by molar-refractivity contribution is 5.92. The van der Waals surface area contributed by atoms with Crippen molar-refractivity contribution in [2.75, 3.05) is 0 Å². The molecule has 7 nitrogen and oxygen atoms in total. The van der Waals surface area contributed by atoms with Crippen LogP contribution in [0.5, 0.6) is 0 Å². The van der Waals surface area contributed by atoms with Crippen LogP contribution in [0.25, 0.3) is 11.1 Å². The van der Waals surface area contributed by atoms with Crippen molar-refractivity contribution in [3.8, 4) is 11.1 Å². The minimum Gasteiger partial charge on any atom is -0.480 e. The van der Waals surface area contributed by atoms with Crippen LogP contribution in [-0.2, 0) is 27.4 Å². The van der Waals surface area contributed by atoms with E-state index in [-0.39, 0.29) is 13.0 Å². The van der Waals surface area contributed by atoms with Gasteiger partial charge in [-0.25, -0.2) is 9.59 Å². The van der Waals surface area contributed by atoms with E-state index in [9.17, 15) is 19.5 Å². The Kier molecular flexibility index (Phi) is 7.68. The molecule has 1 aliphatic carbocycles. The minimum atomic E-state index is -1.25. The van der Waals surface area contributed by atoms with Crippen LogP contribution in [0, 0.1) is 0 Å². The van der Waals surface area contributed by atoms with E-state index in [1.54, 1.807) is 0 Å². The van der Waals surface area contributed by atoms with Crippen LogP contribution in [0.1, 0.15) is 28.2 Å². The van der Waals surface area contributed by atoms with Crippen LogP contribution in [0.2, 0.25) is 0 Å². The molecule has 1 aliphatic rings. The molecule has 0 saturated heterocycles. The van der Waals surface area contributed by atoms with Gasteiger partial charge in [0.05, 0.1) is 0 Å². The number of ether oxygens (including phenoxy) is 1. The van der Waals surface area contributed by atoms with Crippen molar-refractivity contribution in [2.45, 2.75) is 31.0 Å². The second-order valence-corrected chi connectivity index (χ2v) is 9.43. The summed E-state index contributed by atoms with van der Waals surface area (Å²) >= 11 is 0. The molecule has 3 N–H and O–H groups in total. The third-order valence-corrected chi connectivity index (χ3v) is 6.88.